The first-order valence-corrected chi connectivity index (χ1v) is 6.11. The zero-order chi connectivity index (χ0) is 9.97. The zero-order valence-electron chi connectivity index (χ0n) is 7.83. The van der Waals surface area contributed by atoms with Crippen molar-refractivity contribution in [3.63, 3.8) is 0 Å². The van der Waals surface area contributed by atoms with Crippen LogP contribution in [0.1, 0.15) is 12.5 Å². The maximum absolute atomic E-state index is 4.31. The van der Waals surface area contributed by atoms with Crippen molar-refractivity contribution >= 4 is 27.3 Å². The maximum Gasteiger partial charge on any atom is 0.124 e. The number of aromatic nitrogens is 1. The molecule has 0 spiro atoms. The second-order valence-corrected chi connectivity index (χ2v) is 5.43. The van der Waals surface area contributed by atoms with E-state index in [4.69, 9.17) is 0 Å². The van der Waals surface area contributed by atoms with Crippen LogP contribution in [0.15, 0.2) is 34.2 Å². The van der Waals surface area contributed by atoms with E-state index in [1.807, 2.05) is 6.20 Å². The second kappa shape index (κ2) is 4.24. The number of aryl methyl sites for hydroxylation is 1. The van der Waals surface area contributed by atoms with E-state index in [1.54, 1.807) is 11.3 Å². The van der Waals surface area contributed by atoms with E-state index in [1.165, 1.54) is 11.1 Å². The Balaban J connectivity index is 2.33. The first kappa shape index (κ1) is 9.87. The van der Waals surface area contributed by atoms with Crippen molar-refractivity contribution in [2.75, 3.05) is 0 Å². The van der Waals surface area contributed by atoms with E-state index in [9.17, 15) is 0 Å². The third kappa shape index (κ3) is 2.04. The molecule has 2 rings (SSSR count). The topological polar surface area (TPSA) is 12.9 Å². The van der Waals surface area contributed by atoms with Crippen molar-refractivity contribution in [3.05, 3.63) is 39.8 Å². The molecule has 0 aliphatic heterocycles. The number of halogens is 1. The minimum absolute atomic E-state index is 1.07. The molecule has 2 aromatic rings. The largest absolute Gasteiger partial charge is 0.243 e. The molecule has 1 heterocycles. The summed E-state index contributed by atoms with van der Waals surface area (Å²) in [7, 11) is 0. The van der Waals surface area contributed by atoms with E-state index in [0.717, 1.165) is 15.2 Å². The summed E-state index contributed by atoms with van der Waals surface area (Å²) < 4.78 is 1.08. The van der Waals surface area contributed by atoms with Gasteiger partial charge in [-0.05, 0) is 27.9 Å². The summed E-state index contributed by atoms with van der Waals surface area (Å²) >= 11 is 5.07. The lowest BCUT2D eigenvalue weighted by Crippen LogP contribution is -1.79. The van der Waals surface area contributed by atoms with Crippen molar-refractivity contribution in [1.29, 1.82) is 0 Å². The van der Waals surface area contributed by atoms with Gasteiger partial charge < -0.3 is 0 Å². The Bertz CT molecular complexity index is 419. The molecule has 0 radical (unpaired) electrons. The average Bonchev–Trinajstić information content (AvgIpc) is 2.65. The zero-order valence-corrected chi connectivity index (χ0v) is 10.2. The molecule has 0 aliphatic carbocycles. The van der Waals surface area contributed by atoms with E-state index >= 15 is 0 Å². The van der Waals surface area contributed by atoms with Gasteiger partial charge >= 0.3 is 0 Å². The minimum atomic E-state index is 1.07. The maximum atomic E-state index is 4.31. The van der Waals surface area contributed by atoms with Gasteiger partial charge in [-0.25, -0.2) is 4.98 Å². The molecular weight excluding hydrogens is 258 g/mol. The fourth-order valence-electron chi connectivity index (χ4n) is 1.27. The highest BCUT2D eigenvalue weighted by atomic mass is 79.9. The molecule has 0 aliphatic rings. The van der Waals surface area contributed by atoms with Gasteiger partial charge in [0, 0.05) is 5.56 Å². The number of rotatable bonds is 2. The monoisotopic (exact) mass is 267 g/mol. The SMILES string of the molecule is CCc1ccc(-c2ncc(Br)s2)cc1. The van der Waals surface area contributed by atoms with Crippen LogP contribution in [0.25, 0.3) is 10.6 Å². The smallest absolute Gasteiger partial charge is 0.124 e. The Kier molecular flexibility index (Phi) is 2.99. The summed E-state index contributed by atoms with van der Waals surface area (Å²) in [5, 5.41) is 1.07. The molecule has 0 saturated heterocycles. The first-order valence-electron chi connectivity index (χ1n) is 4.50. The predicted octanol–water partition coefficient (Wildman–Crippen LogP) is 4.14. The van der Waals surface area contributed by atoms with Crippen molar-refractivity contribution in [2.45, 2.75) is 13.3 Å². The molecule has 1 aromatic heterocycles. The van der Waals surface area contributed by atoms with Crippen LogP contribution in [0, 0.1) is 0 Å². The molecule has 0 saturated carbocycles. The first-order chi connectivity index (χ1) is 6.79. The van der Waals surface area contributed by atoms with Crippen LogP contribution in [0.5, 0.6) is 0 Å². The number of hydrogen-bond donors (Lipinski definition) is 0. The van der Waals surface area contributed by atoms with E-state index < -0.39 is 0 Å². The molecule has 1 aromatic carbocycles. The molecule has 1 nitrogen and oxygen atoms in total. The minimum Gasteiger partial charge on any atom is -0.243 e. The van der Waals surface area contributed by atoms with Gasteiger partial charge in [-0.15, -0.1) is 11.3 Å². The third-order valence-corrected chi connectivity index (χ3v) is 3.61. The Morgan fingerprint density at radius 2 is 2.00 bits per heavy atom. The Morgan fingerprint density at radius 3 is 2.50 bits per heavy atom. The molecule has 0 fully saturated rings. The molecule has 0 N–H and O–H groups in total. The van der Waals surface area contributed by atoms with Gasteiger partial charge in [-0.2, -0.15) is 0 Å². The van der Waals surface area contributed by atoms with Crippen LogP contribution < -0.4 is 0 Å². The standard InChI is InChI=1S/C11H10BrNS/c1-2-8-3-5-9(6-4-8)11-13-7-10(12)14-11/h3-7H,2H2,1H3. The van der Waals surface area contributed by atoms with Crippen molar-refractivity contribution in [3.8, 4) is 10.6 Å². The van der Waals surface area contributed by atoms with Crippen LogP contribution >= 0.6 is 27.3 Å². The Morgan fingerprint density at radius 1 is 1.29 bits per heavy atom. The molecule has 0 atom stereocenters. The van der Waals surface area contributed by atoms with E-state index in [2.05, 4.69) is 52.1 Å². The van der Waals surface area contributed by atoms with Crippen LogP contribution in [0.4, 0.5) is 0 Å². The number of benzene rings is 1. The van der Waals surface area contributed by atoms with Gasteiger partial charge in [0.25, 0.3) is 0 Å². The molecule has 0 bridgehead atoms. The lowest BCUT2D eigenvalue weighted by atomic mass is 10.1. The second-order valence-electron chi connectivity index (χ2n) is 3.02. The van der Waals surface area contributed by atoms with Crippen LogP contribution in [0.2, 0.25) is 0 Å². The Labute approximate surface area is 95.9 Å². The van der Waals surface area contributed by atoms with Gasteiger partial charge in [-0.3, -0.25) is 0 Å². The summed E-state index contributed by atoms with van der Waals surface area (Å²) in [4.78, 5) is 4.31. The quantitative estimate of drug-likeness (QED) is 0.797. The summed E-state index contributed by atoms with van der Waals surface area (Å²) in [5.74, 6) is 0. The summed E-state index contributed by atoms with van der Waals surface area (Å²) in [6.07, 6.45) is 2.93. The highest BCUT2D eigenvalue weighted by molar-refractivity contribution is 9.11. The summed E-state index contributed by atoms with van der Waals surface area (Å²) in [6.45, 7) is 2.16. The lowest BCUT2D eigenvalue weighted by molar-refractivity contribution is 1.14. The molecular formula is C11H10BrNS. The molecule has 72 valence electrons. The van der Waals surface area contributed by atoms with Crippen molar-refractivity contribution in [1.82, 2.24) is 4.98 Å². The summed E-state index contributed by atoms with van der Waals surface area (Å²) in [5.41, 5.74) is 2.56. The average molecular weight is 268 g/mol. The summed E-state index contributed by atoms with van der Waals surface area (Å²) in [6, 6.07) is 8.57. The van der Waals surface area contributed by atoms with E-state index in [-0.39, 0.29) is 0 Å². The van der Waals surface area contributed by atoms with Crippen LogP contribution in [-0.2, 0) is 6.42 Å². The fourth-order valence-corrected chi connectivity index (χ4v) is 2.48. The number of hydrogen-bond acceptors (Lipinski definition) is 2. The van der Waals surface area contributed by atoms with Gasteiger partial charge in [0.2, 0.25) is 0 Å². The van der Waals surface area contributed by atoms with Crippen molar-refractivity contribution in [2.24, 2.45) is 0 Å². The van der Waals surface area contributed by atoms with Crippen LogP contribution in [-0.4, -0.2) is 4.98 Å². The third-order valence-electron chi connectivity index (χ3n) is 2.09. The molecule has 0 amide bonds. The predicted molar refractivity (Wildman–Crippen MR) is 64.6 cm³/mol. The van der Waals surface area contributed by atoms with Gasteiger partial charge in [0.15, 0.2) is 0 Å². The number of nitrogens with zero attached hydrogens (tertiary/aromatic N) is 1. The molecule has 0 unspecified atom stereocenters. The van der Waals surface area contributed by atoms with Gasteiger partial charge in [-0.1, -0.05) is 31.2 Å². The molecule has 14 heavy (non-hydrogen) atoms. The number of thiazole rings is 1. The van der Waals surface area contributed by atoms with E-state index in [0.29, 0.717) is 0 Å². The van der Waals surface area contributed by atoms with Crippen LogP contribution in [0.3, 0.4) is 0 Å². The Hall–Kier alpha value is -0.670. The lowest BCUT2D eigenvalue weighted by Gasteiger charge is -1.98. The highest BCUT2D eigenvalue weighted by Crippen LogP contribution is 2.28. The normalized spacial score (nSPS) is 10.4. The van der Waals surface area contributed by atoms with Crippen molar-refractivity contribution < 1.29 is 0 Å². The highest BCUT2D eigenvalue weighted by Gasteiger charge is 2.02. The van der Waals surface area contributed by atoms with Gasteiger partial charge in [0.05, 0.1) is 9.98 Å². The van der Waals surface area contributed by atoms with Gasteiger partial charge in [0.1, 0.15) is 5.01 Å². The molecule has 3 heteroatoms. The fraction of sp³-hybridized carbons (Fsp3) is 0.182.